The van der Waals surface area contributed by atoms with Gasteiger partial charge in [-0.15, -0.1) is 0 Å². The van der Waals surface area contributed by atoms with Crippen LogP contribution in [0, 0.1) is 13.8 Å². The molecule has 2 aliphatic rings. The van der Waals surface area contributed by atoms with E-state index in [4.69, 9.17) is 0 Å². The van der Waals surface area contributed by atoms with E-state index >= 15 is 0 Å². The van der Waals surface area contributed by atoms with Crippen LogP contribution in [0.2, 0.25) is 0 Å². The average molecular weight is 396 g/mol. The number of benzene rings is 1. The van der Waals surface area contributed by atoms with Gasteiger partial charge in [0.1, 0.15) is 0 Å². The molecule has 0 aliphatic carbocycles. The molecule has 1 aromatic rings. The quantitative estimate of drug-likeness (QED) is 0.830. The highest BCUT2D eigenvalue weighted by molar-refractivity contribution is 7.89. The van der Waals surface area contributed by atoms with Crippen molar-refractivity contribution in [3.05, 3.63) is 28.8 Å². The van der Waals surface area contributed by atoms with Gasteiger partial charge in [0.25, 0.3) is 0 Å². The van der Waals surface area contributed by atoms with Crippen molar-refractivity contribution in [2.24, 2.45) is 0 Å². The first kappa shape index (κ1) is 20.3. The maximum atomic E-state index is 13.2. The summed E-state index contributed by atoms with van der Waals surface area (Å²) in [5.41, 5.74) is 1.32. The number of hydrogen-bond donors (Lipinski definition) is 1. The number of likely N-dealkylation sites (N-methyl/N-ethyl adjacent to an activating group) is 1. The van der Waals surface area contributed by atoms with Gasteiger partial charge in [0.2, 0.25) is 10.0 Å². The second-order valence-corrected chi connectivity index (χ2v) is 9.60. The molecule has 0 amide bonds. The molecule has 0 unspecified atom stereocenters. The van der Waals surface area contributed by atoms with E-state index in [0.29, 0.717) is 30.3 Å². The van der Waals surface area contributed by atoms with E-state index in [-0.39, 0.29) is 10.5 Å². The molecule has 1 aromatic carbocycles. The molecule has 1 N–H and O–H groups in total. The van der Waals surface area contributed by atoms with E-state index in [9.17, 15) is 18.3 Å². The van der Waals surface area contributed by atoms with Gasteiger partial charge >= 0.3 is 5.97 Å². The number of carboxylic acid groups (broad SMARTS) is 1. The Hall–Kier alpha value is -1.48. The first-order valence-electron chi connectivity index (χ1n) is 9.47. The Labute approximate surface area is 161 Å². The molecule has 2 fully saturated rings. The van der Waals surface area contributed by atoms with Gasteiger partial charge in [-0.25, -0.2) is 13.2 Å². The Bertz CT molecular complexity index is 808. The van der Waals surface area contributed by atoms with Gasteiger partial charge < -0.3 is 10.0 Å². The van der Waals surface area contributed by atoms with E-state index in [1.54, 1.807) is 13.8 Å². The Balaban J connectivity index is 1.75. The van der Waals surface area contributed by atoms with Crippen molar-refractivity contribution in [3.8, 4) is 0 Å². The van der Waals surface area contributed by atoms with E-state index in [0.717, 1.165) is 39.0 Å². The summed E-state index contributed by atoms with van der Waals surface area (Å²) in [6.45, 7) is 8.63. The number of carboxylic acids is 1. The molecule has 150 valence electrons. The second-order valence-electron chi connectivity index (χ2n) is 7.70. The summed E-state index contributed by atoms with van der Waals surface area (Å²) in [5.74, 6) is -1.11. The monoisotopic (exact) mass is 395 g/mol. The number of piperazine rings is 1. The lowest BCUT2D eigenvalue weighted by atomic mass is 10.0. The van der Waals surface area contributed by atoms with Crippen LogP contribution in [0.5, 0.6) is 0 Å². The highest BCUT2D eigenvalue weighted by atomic mass is 32.2. The highest BCUT2D eigenvalue weighted by Gasteiger charge is 2.33. The second kappa shape index (κ2) is 7.87. The van der Waals surface area contributed by atoms with Crippen molar-refractivity contribution in [1.29, 1.82) is 0 Å². The zero-order chi connectivity index (χ0) is 19.8. The maximum absolute atomic E-state index is 13.2. The summed E-state index contributed by atoms with van der Waals surface area (Å²) in [6.07, 6.45) is 1.64. The summed E-state index contributed by atoms with van der Waals surface area (Å²) < 4.78 is 27.9. The van der Waals surface area contributed by atoms with Gasteiger partial charge in [0.05, 0.1) is 10.5 Å². The molecule has 0 spiro atoms. The number of hydrogen-bond acceptors (Lipinski definition) is 5. The Morgan fingerprint density at radius 3 is 2.19 bits per heavy atom. The predicted molar refractivity (Wildman–Crippen MR) is 104 cm³/mol. The van der Waals surface area contributed by atoms with Gasteiger partial charge in [-0.2, -0.15) is 4.31 Å². The number of nitrogens with zero attached hydrogens (tertiary/aromatic N) is 3. The summed E-state index contributed by atoms with van der Waals surface area (Å²) in [5, 5.41) is 9.28. The van der Waals surface area contributed by atoms with Crippen molar-refractivity contribution >= 4 is 16.0 Å². The minimum absolute atomic E-state index is 0.0176. The standard InChI is InChI=1S/C19H29N3O4S/c1-14-12-16(19(23)24)13-18(15(14)2)27(25,26)22-6-4-17(5-7-22)21-10-8-20(3)9-11-21/h12-13,17H,4-11H2,1-3H3,(H,23,24). The van der Waals surface area contributed by atoms with Crippen molar-refractivity contribution in [3.63, 3.8) is 0 Å². The first-order chi connectivity index (χ1) is 12.7. The van der Waals surface area contributed by atoms with Gasteiger partial charge in [0.15, 0.2) is 0 Å². The van der Waals surface area contributed by atoms with Crippen LogP contribution in [0.4, 0.5) is 0 Å². The zero-order valence-corrected chi connectivity index (χ0v) is 17.1. The minimum Gasteiger partial charge on any atom is -0.478 e. The van der Waals surface area contributed by atoms with Crippen LogP contribution in [0.15, 0.2) is 17.0 Å². The molecular formula is C19H29N3O4S. The number of piperidine rings is 1. The third-order valence-electron chi connectivity index (χ3n) is 5.96. The van der Waals surface area contributed by atoms with Gasteiger partial charge in [-0.1, -0.05) is 0 Å². The van der Waals surface area contributed by atoms with E-state index < -0.39 is 16.0 Å². The third kappa shape index (κ3) is 4.18. The molecule has 0 aromatic heterocycles. The molecule has 2 heterocycles. The number of aryl methyl sites for hydroxylation is 1. The van der Waals surface area contributed by atoms with Crippen LogP contribution in [0.1, 0.15) is 34.3 Å². The predicted octanol–water partition coefficient (Wildman–Crippen LogP) is 1.40. The lowest BCUT2D eigenvalue weighted by Gasteiger charge is -2.41. The van der Waals surface area contributed by atoms with Crippen LogP contribution in [0.3, 0.4) is 0 Å². The van der Waals surface area contributed by atoms with Crippen LogP contribution >= 0.6 is 0 Å². The lowest BCUT2D eigenvalue weighted by Crippen LogP contribution is -2.52. The summed E-state index contributed by atoms with van der Waals surface area (Å²) >= 11 is 0. The third-order valence-corrected chi connectivity index (χ3v) is 7.99. The fourth-order valence-electron chi connectivity index (χ4n) is 3.99. The molecule has 27 heavy (non-hydrogen) atoms. The molecule has 2 aliphatic heterocycles. The Morgan fingerprint density at radius 1 is 1.04 bits per heavy atom. The number of aromatic carboxylic acids is 1. The van der Waals surface area contributed by atoms with Crippen molar-refractivity contribution in [1.82, 2.24) is 14.1 Å². The SMILES string of the molecule is Cc1cc(C(=O)O)cc(S(=O)(=O)N2CCC(N3CCN(C)CC3)CC2)c1C. The van der Waals surface area contributed by atoms with Crippen LogP contribution < -0.4 is 0 Å². The molecule has 0 radical (unpaired) electrons. The first-order valence-corrected chi connectivity index (χ1v) is 10.9. The Kier molecular flexibility index (Phi) is 5.90. The van der Waals surface area contributed by atoms with Gasteiger partial charge in [0, 0.05) is 45.3 Å². The molecular weight excluding hydrogens is 366 g/mol. The van der Waals surface area contributed by atoms with E-state index in [2.05, 4.69) is 16.8 Å². The molecule has 7 nitrogen and oxygen atoms in total. The Morgan fingerprint density at radius 2 is 1.63 bits per heavy atom. The summed E-state index contributed by atoms with van der Waals surface area (Å²) in [6, 6.07) is 3.25. The summed E-state index contributed by atoms with van der Waals surface area (Å²) in [4.78, 5) is 16.3. The molecule has 0 saturated carbocycles. The van der Waals surface area contributed by atoms with Crippen LogP contribution in [-0.2, 0) is 10.0 Å². The largest absolute Gasteiger partial charge is 0.478 e. The van der Waals surface area contributed by atoms with Gasteiger partial charge in [-0.3, -0.25) is 4.90 Å². The van der Waals surface area contributed by atoms with Crippen LogP contribution in [-0.4, -0.2) is 86.0 Å². The zero-order valence-electron chi connectivity index (χ0n) is 16.3. The molecule has 0 atom stereocenters. The fraction of sp³-hybridized carbons (Fsp3) is 0.632. The van der Waals surface area contributed by atoms with Crippen molar-refractivity contribution in [2.45, 2.75) is 37.6 Å². The molecule has 0 bridgehead atoms. The van der Waals surface area contributed by atoms with E-state index in [1.807, 2.05) is 0 Å². The van der Waals surface area contributed by atoms with Gasteiger partial charge in [-0.05, 0) is 57.0 Å². The number of sulfonamides is 1. The molecule has 8 heteroatoms. The molecule has 2 saturated heterocycles. The fourth-order valence-corrected chi connectivity index (χ4v) is 5.79. The maximum Gasteiger partial charge on any atom is 0.335 e. The number of carbonyl (C=O) groups is 1. The highest BCUT2D eigenvalue weighted by Crippen LogP contribution is 2.28. The average Bonchev–Trinajstić information content (AvgIpc) is 2.64. The van der Waals surface area contributed by atoms with E-state index in [1.165, 1.54) is 16.4 Å². The topological polar surface area (TPSA) is 81.2 Å². The normalized spacial score (nSPS) is 21.4. The molecule has 3 rings (SSSR count). The minimum atomic E-state index is -3.69. The van der Waals surface area contributed by atoms with Crippen LogP contribution in [0.25, 0.3) is 0 Å². The van der Waals surface area contributed by atoms with Crippen molar-refractivity contribution in [2.75, 3.05) is 46.3 Å². The smallest absolute Gasteiger partial charge is 0.335 e. The van der Waals surface area contributed by atoms with Crippen molar-refractivity contribution < 1.29 is 18.3 Å². The lowest BCUT2D eigenvalue weighted by molar-refractivity contribution is 0.0696. The number of rotatable bonds is 4. The summed E-state index contributed by atoms with van der Waals surface area (Å²) in [7, 11) is -1.56.